The number of nitro groups is 1. The molecular weight excluding hydrogens is 262 g/mol. The summed E-state index contributed by atoms with van der Waals surface area (Å²) in [7, 11) is 0. The highest BCUT2D eigenvalue weighted by Gasteiger charge is 2.17. The fourth-order valence-electron chi connectivity index (χ4n) is 1.73. The molecule has 0 aliphatic heterocycles. The molecular formula is C13H15N3O4. The molecule has 0 aliphatic rings. The summed E-state index contributed by atoms with van der Waals surface area (Å²) in [5, 5.41) is 19.8. The quantitative estimate of drug-likeness (QED) is 0.447. The van der Waals surface area contributed by atoms with Gasteiger partial charge in [0.05, 0.1) is 22.8 Å². The van der Waals surface area contributed by atoms with E-state index in [2.05, 4.69) is 0 Å². The zero-order valence-electron chi connectivity index (χ0n) is 11.3. The van der Waals surface area contributed by atoms with Crippen LogP contribution in [0.15, 0.2) is 18.2 Å². The molecule has 1 rings (SSSR count). The summed E-state index contributed by atoms with van der Waals surface area (Å²) in [6, 6.07) is 5.89. The fourth-order valence-corrected chi connectivity index (χ4v) is 1.73. The van der Waals surface area contributed by atoms with Gasteiger partial charge in [0.2, 0.25) is 0 Å². The van der Waals surface area contributed by atoms with E-state index in [0.29, 0.717) is 12.2 Å². The Morgan fingerprint density at radius 3 is 2.70 bits per heavy atom. The zero-order chi connectivity index (χ0) is 15.1. The number of nitrogens with zero attached hydrogens (tertiary/aromatic N) is 3. The predicted octanol–water partition coefficient (Wildman–Crippen LogP) is 1.86. The molecule has 0 atom stereocenters. The largest absolute Gasteiger partial charge is 0.465 e. The van der Waals surface area contributed by atoms with Gasteiger partial charge in [-0.3, -0.25) is 14.9 Å². The van der Waals surface area contributed by atoms with E-state index in [4.69, 9.17) is 10.00 Å². The number of carbonyl (C=O) groups excluding carboxylic acids is 1. The maximum absolute atomic E-state index is 11.5. The van der Waals surface area contributed by atoms with Gasteiger partial charge in [-0.25, -0.2) is 0 Å². The Labute approximate surface area is 116 Å². The minimum atomic E-state index is -0.563. The molecule has 0 fully saturated rings. The van der Waals surface area contributed by atoms with Gasteiger partial charge in [0, 0.05) is 18.7 Å². The maximum Gasteiger partial charge on any atom is 0.325 e. The summed E-state index contributed by atoms with van der Waals surface area (Å²) in [6.07, 6.45) is 0. The first-order valence-electron chi connectivity index (χ1n) is 6.12. The van der Waals surface area contributed by atoms with Gasteiger partial charge in [-0.05, 0) is 19.9 Å². The molecule has 0 amide bonds. The van der Waals surface area contributed by atoms with Gasteiger partial charge in [-0.1, -0.05) is 0 Å². The van der Waals surface area contributed by atoms with Crippen molar-refractivity contribution in [1.82, 2.24) is 0 Å². The Balaban J connectivity index is 3.06. The normalized spacial score (nSPS) is 9.65. The molecule has 0 aromatic heterocycles. The number of hydrogen-bond acceptors (Lipinski definition) is 6. The lowest BCUT2D eigenvalue weighted by Crippen LogP contribution is -2.31. The van der Waals surface area contributed by atoms with Crippen molar-refractivity contribution in [3.63, 3.8) is 0 Å². The van der Waals surface area contributed by atoms with Gasteiger partial charge < -0.3 is 9.64 Å². The summed E-state index contributed by atoms with van der Waals surface area (Å²) >= 11 is 0. The van der Waals surface area contributed by atoms with Crippen molar-refractivity contribution in [1.29, 1.82) is 5.26 Å². The molecule has 0 saturated heterocycles. The van der Waals surface area contributed by atoms with Gasteiger partial charge in [0.1, 0.15) is 12.6 Å². The second-order valence-corrected chi connectivity index (χ2v) is 3.89. The van der Waals surface area contributed by atoms with Crippen LogP contribution in [0.2, 0.25) is 0 Å². The molecule has 0 saturated carbocycles. The summed E-state index contributed by atoms with van der Waals surface area (Å²) in [5.74, 6) is -0.406. The van der Waals surface area contributed by atoms with Crippen molar-refractivity contribution in [2.24, 2.45) is 0 Å². The average Bonchev–Trinajstić information content (AvgIpc) is 2.44. The number of esters is 1. The van der Waals surface area contributed by atoms with Crippen LogP contribution >= 0.6 is 0 Å². The first kappa shape index (κ1) is 15.4. The second-order valence-electron chi connectivity index (χ2n) is 3.89. The summed E-state index contributed by atoms with van der Waals surface area (Å²) in [4.78, 5) is 23.3. The third-order valence-electron chi connectivity index (χ3n) is 2.66. The molecule has 0 bridgehead atoms. The summed E-state index contributed by atoms with van der Waals surface area (Å²) in [6.45, 7) is 4.28. The van der Waals surface area contributed by atoms with Crippen molar-refractivity contribution in [3.05, 3.63) is 33.9 Å². The van der Waals surface area contributed by atoms with E-state index < -0.39 is 10.9 Å². The van der Waals surface area contributed by atoms with Crippen molar-refractivity contribution >= 4 is 17.3 Å². The first-order chi connectivity index (χ1) is 9.53. The number of likely N-dealkylation sites (N-methyl/N-ethyl adjacent to an activating group) is 1. The number of ether oxygens (including phenoxy) is 1. The Hall–Kier alpha value is -2.62. The molecule has 106 valence electrons. The number of anilines is 1. The zero-order valence-corrected chi connectivity index (χ0v) is 11.3. The molecule has 0 heterocycles. The molecule has 0 spiro atoms. The maximum atomic E-state index is 11.5. The SMILES string of the molecule is CCOC(=O)CN(CC)c1ccc([N+](=O)[O-])cc1C#N. The van der Waals surface area contributed by atoms with Crippen LogP contribution in [-0.4, -0.2) is 30.6 Å². The molecule has 20 heavy (non-hydrogen) atoms. The van der Waals surface area contributed by atoms with Gasteiger partial charge in [0.25, 0.3) is 5.69 Å². The molecule has 7 heteroatoms. The molecule has 0 aliphatic carbocycles. The molecule has 1 aromatic rings. The number of carbonyl (C=O) groups is 1. The van der Waals surface area contributed by atoms with Crippen LogP contribution in [0.3, 0.4) is 0 Å². The lowest BCUT2D eigenvalue weighted by molar-refractivity contribution is -0.384. The second kappa shape index (κ2) is 7.09. The highest BCUT2D eigenvalue weighted by atomic mass is 16.6. The van der Waals surface area contributed by atoms with E-state index in [1.54, 1.807) is 11.8 Å². The van der Waals surface area contributed by atoms with Crippen LogP contribution < -0.4 is 4.90 Å². The van der Waals surface area contributed by atoms with Crippen LogP contribution in [0.5, 0.6) is 0 Å². The van der Waals surface area contributed by atoms with Crippen molar-refractivity contribution < 1.29 is 14.5 Å². The number of non-ortho nitro benzene ring substituents is 1. The monoisotopic (exact) mass is 277 g/mol. The van der Waals surface area contributed by atoms with Crippen molar-refractivity contribution in [2.75, 3.05) is 24.6 Å². The Kier molecular flexibility index (Phi) is 5.47. The summed E-state index contributed by atoms with van der Waals surface area (Å²) in [5.41, 5.74) is 0.483. The van der Waals surface area contributed by atoms with Gasteiger partial charge in [-0.2, -0.15) is 5.26 Å². The van der Waals surface area contributed by atoms with Crippen molar-refractivity contribution in [2.45, 2.75) is 13.8 Å². The Morgan fingerprint density at radius 1 is 1.50 bits per heavy atom. The van der Waals surface area contributed by atoms with Crippen molar-refractivity contribution in [3.8, 4) is 6.07 Å². The number of nitro benzene ring substituents is 1. The number of rotatable bonds is 6. The van der Waals surface area contributed by atoms with Crippen LogP contribution in [0, 0.1) is 21.4 Å². The minimum Gasteiger partial charge on any atom is -0.465 e. The standard InChI is InChI=1S/C13H15N3O4/c1-3-15(9-13(17)20-4-2)12-6-5-11(16(18)19)7-10(12)8-14/h5-7H,3-4,9H2,1-2H3. The van der Waals surface area contributed by atoms with Gasteiger partial charge >= 0.3 is 5.97 Å². The third kappa shape index (κ3) is 3.68. The molecule has 0 N–H and O–H groups in total. The van der Waals surface area contributed by atoms with Crippen LogP contribution in [0.25, 0.3) is 0 Å². The number of benzene rings is 1. The minimum absolute atomic E-state index is 0.00314. The topological polar surface area (TPSA) is 96.5 Å². The van der Waals surface area contributed by atoms with E-state index in [9.17, 15) is 14.9 Å². The predicted molar refractivity (Wildman–Crippen MR) is 72.3 cm³/mol. The van der Waals surface area contributed by atoms with E-state index in [1.807, 2.05) is 13.0 Å². The average molecular weight is 277 g/mol. The van der Waals surface area contributed by atoms with Crippen LogP contribution in [0.1, 0.15) is 19.4 Å². The van der Waals surface area contributed by atoms with E-state index in [-0.39, 0.29) is 24.4 Å². The first-order valence-corrected chi connectivity index (χ1v) is 6.12. The lowest BCUT2D eigenvalue weighted by atomic mass is 10.1. The van der Waals surface area contributed by atoms with E-state index in [1.165, 1.54) is 18.2 Å². The Morgan fingerprint density at radius 2 is 2.20 bits per heavy atom. The van der Waals surface area contributed by atoms with E-state index in [0.717, 1.165) is 0 Å². The third-order valence-corrected chi connectivity index (χ3v) is 2.66. The van der Waals surface area contributed by atoms with Gasteiger partial charge in [-0.15, -0.1) is 0 Å². The smallest absolute Gasteiger partial charge is 0.325 e. The number of hydrogen-bond donors (Lipinski definition) is 0. The molecule has 0 radical (unpaired) electrons. The fraction of sp³-hybridized carbons (Fsp3) is 0.385. The highest BCUT2D eigenvalue weighted by Crippen LogP contribution is 2.24. The molecule has 1 aromatic carbocycles. The highest BCUT2D eigenvalue weighted by molar-refractivity contribution is 5.77. The molecule has 0 unspecified atom stereocenters. The molecule has 7 nitrogen and oxygen atoms in total. The van der Waals surface area contributed by atoms with Gasteiger partial charge in [0.15, 0.2) is 0 Å². The Bertz CT molecular complexity index is 551. The van der Waals surface area contributed by atoms with E-state index >= 15 is 0 Å². The number of nitriles is 1. The lowest BCUT2D eigenvalue weighted by Gasteiger charge is -2.22. The van der Waals surface area contributed by atoms with Crippen LogP contribution in [-0.2, 0) is 9.53 Å². The van der Waals surface area contributed by atoms with Crippen LogP contribution in [0.4, 0.5) is 11.4 Å². The summed E-state index contributed by atoms with van der Waals surface area (Å²) < 4.78 is 4.86.